The van der Waals surface area contributed by atoms with Gasteiger partial charge < -0.3 is 15.7 Å². The Hall–Kier alpha value is -0.610. The summed E-state index contributed by atoms with van der Waals surface area (Å²) in [6.07, 6.45) is 3.77. The number of nitrogens with one attached hydrogen (secondary N) is 2. The lowest BCUT2D eigenvalue weighted by Crippen LogP contribution is -2.35. The fourth-order valence-corrected chi connectivity index (χ4v) is 1.32. The van der Waals surface area contributed by atoms with Crippen molar-refractivity contribution >= 4 is 5.91 Å². The lowest BCUT2D eigenvalue weighted by molar-refractivity contribution is -0.120. The molecule has 88 valence electrons. The van der Waals surface area contributed by atoms with Crippen LogP contribution in [0.4, 0.5) is 0 Å². The molecule has 1 unspecified atom stereocenters. The molecule has 1 atom stereocenters. The predicted octanol–water partition coefficient (Wildman–Crippen LogP) is 0.263. The zero-order valence-corrected chi connectivity index (χ0v) is 9.46. The lowest BCUT2D eigenvalue weighted by Gasteiger charge is -2.08. The largest absolute Gasteiger partial charge is 0.393 e. The van der Waals surface area contributed by atoms with Gasteiger partial charge in [-0.05, 0) is 38.1 Å². The van der Waals surface area contributed by atoms with Gasteiger partial charge in [-0.3, -0.25) is 4.79 Å². The van der Waals surface area contributed by atoms with Crippen LogP contribution in [-0.2, 0) is 4.79 Å². The Morgan fingerprint density at radius 2 is 2.27 bits per heavy atom. The van der Waals surface area contributed by atoms with Gasteiger partial charge in [0.15, 0.2) is 0 Å². The van der Waals surface area contributed by atoms with E-state index in [2.05, 4.69) is 10.6 Å². The van der Waals surface area contributed by atoms with Crippen LogP contribution in [0.5, 0.6) is 0 Å². The van der Waals surface area contributed by atoms with E-state index in [-0.39, 0.29) is 12.0 Å². The second-order valence-corrected chi connectivity index (χ2v) is 4.27. The summed E-state index contributed by atoms with van der Waals surface area (Å²) >= 11 is 0. The average Bonchev–Trinajstić information content (AvgIpc) is 3.04. The van der Waals surface area contributed by atoms with Gasteiger partial charge in [0, 0.05) is 6.54 Å². The Bertz CT molecular complexity index is 193. The number of hydrogen-bond donors (Lipinski definition) is 3. The summed E-state index contributed by atoms with van der Waals surface area (Å²) in [5, 5.41) is 15.2. The van der Waals surface area contributed by atoms with Gasteiger partial charge in [0.25, 0.3) is 0 Å². The Labute approximate surface area is 91.4 Å². The first-order chi connectivity index (χ1) is 7.22. The van der Waals surface area contributed by atoms with E-state index >= 15 is 0 Å². The summed E-state index contributed by atoms with van der Waals surface area (Å²) in [6.45, 7) is 3.85. The van der Waals surface area contributed by atoms with E-state index in [1.807, 2.05) is 6.92 Å². The van der Waals surface area contributed by atoms with Crippen LogP contribution in [0.2, 0.25) is 0 Å². The van der Waals surface area contributed by atoms with Gasteiger partial charge in [-0.2, -0.15) is 0 Å². The standard InChI is InChI=1S/C11H22N2O2/c1-2-10(14)5-6-12-8-11(15)13-7-9-3-4-9/h9-10,12,14H,2-8H2,1H3,(H,13,15). The number of amides is 1. The molecule has 0 aromatic carbocycles. The highest BCUT2D eigenvalue weighted by atomic mass is 16.3. The van der Waals surface area contributed by atoms with Crippen molar-refractivity contribution in [1.29, 1.82) is 0 Å². The molecule has 0 aromatic rings. The summed E-state index contributed by atoms with van der Waals surface area (Å²) in [6, 6.07) is 0. The zero-order chi connectivity index (χ0) is 11.1. The molecule has 1 aliphatic carbocycles. The normalized spacial score (nSPS) is 17.5. The second kappa shape index (κ2) is 6.80. The summed E-state index contributed by atoms with van der Waals surface area (Å²) in [5.41, 5.74) is 0. The summed E-state index contributed by atoms with van der Waals surface area (Å²) in [5.74, 6) is 0.795. The van der Waals surface area contributed by atoms with Gasteiger partial charge in [0.05, 0.1) is 12.6 Å². The molecule has 0 aromatic heterocycles. The van der Waals surface area contributed by atoms with Crippen molar-refractivity contribution in [3.8, 4) is 0 Å². The van der Waals surface area contributed by atoms with E-state index < -0.39 is 0 Å². The van der Waals surface area contributed by atoms with Gasteiger partial charge in [-0.1, -0.05) is 6.92 Å². The highest BCUT2D eigenvalue weighted by Crippen LogP contribution is 2.27. The first-order valence-corrected chi connectivity index (χ1v) is 5.87. The molecule has 3 N–H and O–H groups in total. The molecule has 1 rings (SSSR count). The minimum Gasteiger partial charge on any atom is -0.393 e. The molecular formula is C11H22N2O2. The monoisotopic (exact) mass is 214 g/mol. The molecule has 0 radical (unpaired) electrons. The van der Waals surface area contributed by atoms with Crippen molar-refractivity contribution in [1.82, 2.24) is 10.6 Å². The third kappa shape index (κ3) is 6.47. The fourth-order valence-electron chi connectivity index (χ4n) is 1.32. The number of aliphatic hydroxyl groups is 1. The van der Waals surface area contributed by atoms with E-state index in [1.54, 1.807) is 0 Å². The van der Waals surface area contributed by atoms with Crippen LogP contribution < -0.4 is 10.6 Å². The minimum absolute atomic E-state index is 0.0629. The fraction of sp³-hybridized carbons (Fsp3) is 0.909. The Balaban J connectivity index is 1.87. The maximum absolute atomic E-state index is 11.3. The van der Waals surface area contributed by atoms with Crippen molar-refractivity contribution in [2.24, 2.45) is 5.92 Å². The smallest absolute Gasteiger partial charge is 0.233 e. The molecule has 1 fully saturated rings. The third-order valence-corrected chi connectivity index (χ3v) is 2.70. The van der Waals surface area contributed by atoms with E-state index in [0.29, 0.717) is 19.5 Å². The van der Waals surface area contributed by atoms with Crippen LogP contribution in [0, 0.1) is 5.92 Å². The van der Waals surface area contributed by atoms with Crippen LogP contribution in [0.1, 0.15) is 32.6 Å². The van der Waals surface area contributed by atoms with Crippen molar-refractivity contribution in [3.05, 3.63) is 0 Å². The molecule has 0 saturated heterocycles. The highest BCUT2D eigenvalue weighted by molar-refractivity contribution is 5.77. The SMILES string of the molecule is CCC(O)CCNCC(=O)NCC1CC1. The van der Waals surface area contributed by atoms with E-state index in [1.165, 1.54) is 12.8 Å². The van der Waals surface area contributed by atoms with Crippen LogP contribution in [0.25, 0.3) is 0 Å². The lowest BCUT2D eigenvalue weighted by atomic mass is 10.2. The number of aliphatic hydroxyl groups excluding tert-OH is 1. The Morgan fingerprint density at radius 3 is 2.87 bits per heavy atom. The highest BCUT2D eigenvalue weighted by Gasteiger charge is 2.21. The maximum Gasteiger partial charge on any atom is 0.233 e. The van der Waals surface area contributed by atoms with Gasteiger partial charge in [0.1, 0.15) is 0 Å². The number of carbonyl (C=O) groups is 1. The summed E-state index contributed by atoms with van der Waals surface area (Å²) in [4.78, 5) is 11.3. The van der Waals surface area contributed by atoms with Gasteiger partial charge in [-0.15, -0.1) is 0 Å². The molecule has 1 amide bonds. The van der Waals surface area contributed by atoms with Crippen LogP contribution in [0.15, 0.2) is 0 Å². The maximum atomic E-state index is 11.3. The van der Waals surface area contributed by atoms with Gasteiger partial charge >= 0.3 is 0 Å². The van der Waals surface area contributed by atoms with E-state index in [9.17, 15) is 9.90 Å². The Kier molecular flexibility index (Phi) is 5.65. The van der Waals surface area contributed by atoms with Crippen LogP contribution in [0.3, 0.4) is 0 Å². The first kappa shape index (κ1) is 12.5. The molecule has 0 bridgehead atoms. The van der Waals surface area contributed by atoms with Crippen molar-refractivity contribution in [3.63, 3.8) is 0 Å². The van der Waals surface area contributed by atoms with E-state index in [0.717, 1.165) is 18.9 Å². The Morgan fingerprint density at radius 1 is 1.53 bits per heavy atom. The molecule has 4 nitrogen and oxygen atoms in total. The summed E-state index contributed by atoms with van der Waals surface area (Å²) < 4.78 is 0. The van der Waals surface area contributed by atoms with Crippen molar-refractivity contribution in [2.45, 2.75) is 38.7 Å². The molecule has 0 aliphatic heterocycles. The minimum atomic E-state index is -0.243. The molecular weight excluding hydrogens is 192 g/mol. The number of rotatable bonds is 8. The molecule has 0 heterocycles. The van der Waals surface area contributed by atoms with Crippen molar-refractivity contribution in [2.75, 3.05) is 19.6 Å². The molecule has 4 heteroatoms. The summed E-state index contributed by atoms with van der Waals surface area (Å²) in [7, 11) is 0. The molecule has 0 spiro atoms. The third-order valence-electron chi connectivity index (χ3n) is 2.70. The van der Waals surface area contributed by atoms with Crippen molar-refractivity contribution < 1.29 is 9.90 Å². The average molecular weight is 214 g/mol. The van der Waals surface area contributed by atoms with Gasteiger partial charge in [0.2, 0.25) is 5.91 Å². The van der Waals surface area contributed by atoms with E-state index in [4.69, 9.17) is 0 Å². The second-order valence-electron chi connectivity index (χ2n) is 4.27. The van der Waals surface area contributed by atoms with Crippen LogP contribution >= 0.6 is 0 Å². The number of carbonyl (C=O) groups excluding carboxylic acids is 1. The predicted molar refractivity (Wildman–Crippen MR) is 59.5 cm³/mol. The van der Waals surface area contributed by atoms with Crippen LogP contribution in [-0.4, -0.2) is 36.8 Å². The topological polar surface area (TPSA) is 61.4 Å². The zero-order valence-electron chi connectivity index (χ0n) is 9.46. The molecule has 1 saturated carbocycles. The quantitative estimate of drug-likeness (QED) is 0.508. The first-order valence-electron chi connectivity index (χ1n) is 5.87. The van der Waals surface area contributed by atoms with Gasteiger partial charge in [-0.25, -0.2) is 0 Å². The molecule has 15 heavy (non-hydrogen) atoms. The number of hydrogen-bond acceptors (Lipinski definition) is 3. The molecule has 1 aliphatic rings.